The fourth-order valence-electron chi connectivity index (χ4n) is 3.36. The molecule has 0 aliphatic heterocycles. The van der Waals surface area contributed by atoms with Crippen LogP contribution in [-0.4, -0.2) is 29.1 Å². The summed E-state index contributed by atoms with van der Waals surface area (Å²) in [6.07, 6.45) is 3.07. The topological polar surface area (TPSA) is 116 Å². The summed E-state index contributed by atoms with van der Waals surface area (Å²) in [4.78, 5) is 29.2. The average Bonchev–Trinajstić information content (AvgIpc) is 3.21. The van der Waals surface area contributed by atoms with Gasteiger partial charge in [0.05, 0.1) is 29.6 Å². The number of aromatic nitrogens is 2. The Morgan fingerprint density at radius 3 is 2.49 bits per heavy atom. The summed E-state index contributed by atoms with van der Waals surface area (Å²) in [5, 5.41) is 9.54. The van der Waals surface area contributed by atoms with Gasteiger partial charge < -0.3 is 24.6 Å². The molecule has 0 aliphatic carbocycles. The number of pyridine rings is 1. The molecule has 4 aromatic rings. The van der Waals surface area contributed by atoms with Gasteiger partial charge in [-0.3, -0.25) is 14.6 Å². The second-order valence-electron chi connectivity index (χ2n) is 7.68. The molecule has 2 aromatic heterocycles. The number of benzene rings is 2. The van der Waals surface area contributed by atoms with Gasteiger partial charge >= 0.3 is 0 Å². The number of anilines is 2. The summed E-state index contributed by atoms with van der Waals surface area (Å²) in [5.41, 5.74) is 3.47. The predicted octanol–water partition coefficient (Wildman–Crippen LogP) is 4.78. The lowest BCUT2D eigenvalue weighted by Gasteiger charge is -2.13. The molecule has 9 heteroatoms. The van der Waals surface area contributed by atoms with Crippen molar-refractivity contribution in [3.8, 4) is 11.5 Å². The van der Waals surface area contributed by atoms with Crippen molar-refractivity contribution in [2.24, 2.45) is 0 Å². The van der Waals surface area contributed by atoms with Crippen molar-refractivity contribution in [3.05, 3.63) is 95.1 Å². The third-order valence-electron chi connectivity index (χ3n) is 5.29. The molecule has 0 fully saturated rings. The molecule has 0 bridgehead atoms. The monoisotopic (exact) mass is 472 g/mol. The Labute approximate surface area is 202 Å². The van der Waals surface area contributed by atoms with Crippen molar-refractivity contribution in [1.29, 1.82) is 0 Å². The van der Waals surface area contributed by atoms with Crippen LogP contribution in [0.1, 0.15) is 37.7 Å². The number of nitrogens with one attached hydrogen (secondary N) is 2. The number of amides is 2. The van der Waals surface area contributed by atoms with Gasteiger partial charge in [-0.25, -0.2) is 0 Å². The zero-order valence-corrected chi connectivity index (χ0v) is 19.5. The molecule has 2 N–H and O–H groups in total. The molecule has 178 valence electrons. The van der Waals surface area contributed by atoms with E-state index in [1.807, 2.05) is 13.8 Å². The lowest BCUT2D eigenvalue weighted by Crippen LogP contribution is -2.14. The standard InChI is InChI=1S/C26H24N4O5/c1-16-22(17(2)35-30-16)15-34-21-8-4-6-18(12-21)25(31)28-20-9-10-23(24(13-20)33-3)29-26(32)19-7-5-11-27-14-19/h4-14H,15H2,1-3H3,(H,28,31)(H,29,32). The highest BCUT2D eigenvalue weighted by Gasteiger charge is 2.14. The van der Waals surface area contributed by atoms with Crippen LogP contribution in [0.2, 0.25) is 0 Å². The van der Waals surface area contributed by atoms with E-state index in [9.17, 15) is 9.59 Å². The van der Waals surface area contributed by atoms with Crippen LogP contribution in [0.3, 0.4) is 0 Å². The van der Waals surface area contributed by atoms with E-state index in [1.54, 1.807) is 60.8 Å². The first kappa shape index (κ1) is 23.5. The van der Waals surface area contributed by atoms with Gasteiger partial charge in [-0.1, -0.05) is 11.2 Å². The lowest BCUT2D eigenvalue weighted by atomic mass is 10.2. The predicted molar refractivity (Wildman–Crippen MR) is 130 cm³/mol. The van der Waals surface area contributed by atoms with E-state index in [0.717, 1.165) is 11.3 Å². The first-order valence-electron chi connectivity index (χ1n) is 10.8. The molecule has 35 heavy (non-hydrogen) atoms. The number of carbonyl (C=O) groups excluding carboxylic acids is 2. The number of rotatable bonds is 8. The Kier molecular flexibility index (Phi) is 7.06. The Morgan fingerprint density at radius 1 is 0.971 bits per heavy atom. The van der Waals surface area contributed by atoms with E-state index in [1.165, 1.54) is 13.3 Å². The molecule has 0 aliphatic rings. The first-order chi connectivity index (χ1) is 16.9. The number of carbonyl (C=O) groups is 2. The van der Waals surface area contributed by atoms with Crippen LogP contribution in [0.15, 0.2) is 71.5 Å². The molecule has 0 saturated carbocycles. The van der Waals surface area contributed by atoms with Gasteiger partial charge in [-0.2, -0.15) is 0 Å². The molecule has 0 radical (unpaired) electrons. The van der Waals surface area contributed by atoms with E-state index in [-0.39, 0.29) is 18.4 Å². The first-order valence-corrected chi connectivity index (χ1v) is 10.8. The molecule has 9 nitrogen and oxygen atoms in total. The van der Waals surface area contributed by atoms with Crippen molar-refractivity contribution >= 4 is 23.2 Å². The highest BCUT2D eigenvalue weighted by Crippen LogP contribution is 2.29. The average molecular weight is 473 g/mol. The minimum atomic E-state index is -0.318. The van der Waals surface area contributed by atoms with Crippen LogP contribution >= 0.6 is 0 Å². The molecule has 2 aromatic carbocycles. The quantitative estimate of drug-likeness (QED) is 0.379. The molecule has 2 amide bonds. The maximum Gasteiger partial charge on any atom is 0.257 e. The van der Waals surface area contributed by atoms with Crippen molar-refractivity contribution in [2.45, 2.75) is 20.5 Å². The van der Waals surface area contributed by atoms with Crippen molar-refractivity contribution in [2.75, 3.05) is 17.7 Å². The zero-order chi connectivity index (χ0) is 24.8. The van der Waals surface area contributed by atoms with Crippen LogP contribution < -0.4 is 20.1 Å². The van der Waals surface area contributed by atoms with Gasteiger partial charge in [0.1, 0.15) is 23.9 Å². The minimum absolute atomic E-state index is 0.287. The van der Waals surface area contributed by atoms with E-state index in [0.29, 0.717) is 39.8 Å². The second kappa shape index (κ2) is 10.5. The number of aryl methyl sites for hydroxylation is 2. The largest absolute Gasteiger partial charge is 0.494 e. The fraction of sp³-hybridized carbons (Fsp3) is 0.154. The molecule has 2 heterocycles. The summed E-state index contributed by atoms with van der Waals surface area (Å²) in [6.45, 7) is 3.96. The fourth-order valence-corrected chi connectivity index (χ4v) is 3.36. The maximum absolute atomic E-state index is 12.8. The summed E-state index contributed by atoms with van der Waals surface area (Å²) in [6, 6.07) is 15.2. The molecular formula is C26H24N4O5. The summed E-state index contributed by atoms with van der Waals surface area (Å²) in [7, 11) is 1.49. The van der Waals surface area contributed by atoms with Gasteiger partial charge in [0.25, 0.3) is 11.8 Å². The van der Waals surface area contributed by atoms with E-state index in [4.69, 9.17) is 14.0 Å². The molecule has 4 rings (SSSR count). The number of ether oxygens (including phenoxy) is 2. The second-order valence-corrected chi connectivity index (χ2v) is 7.68. The number of methoxy groups -OCH3 is 1. The molecule has 0 atom stereocenters. The van der Waals surface area contributed by atoms with Gasteiger partial charge in [-0.15, -0.1) is 0 Å². The van der Waals surface area contributed by atoms with Gasteiger partial charge in [0.2, 0.25) is 0 Å². The zero-order valence-electron chi connectivity index (χ0n) is 19.5. The highest BCUT2D eigenvalue weighted by molar-refractivity contribution is 6.06. The third-order valence-corrected chi connectivity index (χ3v) is 5.29. The smallest absolute Gasteiger partial charge is 0.257 e. The van der Waals surface area contributed by atoms with E-state index in [2.05, 4.69) is 20.8 Å². The third kappa shape index (κ3) is 5.64. The highest BCUT2D eigenvalue weighted by atomic mass is 16.5. The molecular weight excluding hydrogens is 448 g/mol. The van der Waals surface area contributed by atoms with Gasteiger partial charge in [-0.05, 0) is 56.3 Å². The van der Waals surface area contributed by atoms with Crippen LogP contribution in [0.4, 0.5) is 11.4 Å². The van der Waals surface area contributed by atoms with Crippen LogP contribution in [0.25, 0.3) is 0 Å². The summed E-state index contributed by atoms with van der Waals surface area (Å²) in [5.74, 6) is 1.01. The van der Waals surface area contributed by atoms with Crippen LogP contribution in [0.5, 0.6) is 11.5 Å². The van der Waals surface area contributed by atoms with Crippen molar-refractivity contribution < 1.29 is 23.6 Å². The summed E-state index contributed by atoms with van der Waals surface area (Å²) >= 11 is 0. The lowest BCUT2D eigenvalue weighted by molar-refractivity contribution is 0.101. The Bertz CT molecular complexity index is 1330. The number of nitrogens with zero attached hydrogens (tertiary/aromatic N) is 2. The Morgan fingerprint density at radius 2 is 1.77 bits per heavy atom. The van der Waals surface area contributed by atoms with Gasteiger partial charge in [0.15, 0.2) is 0 Å². The normalized spacial score (nSPS) is 10.5. The van der Waals surface area contributed by atoms with Crippen LogP contribution in [0, 0.1) is 13.8 Å². The molecule has 0 unspecified atom stereocenters. The molecule has 0 spiro atoms. The number of hydrogen-bond acceptors (Lipinski definition) is 7. The number of hydrogen-bond donors (Lipinski definition) is 2. The maximum atomic E-state index is 12.8. The Balaban J connectivity index is 1.43. The van der Waals surface area contributed by atoms with Crippen molar-refractivity contribution in [1.82, 2.24) is 10.1 Å². The SMILES string of the molecule is COc1cc(NC(=O)c2cccc(OCc3c(C)noc3C)c2)ccc1NC(=O)c1cccnc1. The minimum Gasteiger partial charge on any atom is -0.494 e. The molecule has 0 saturated heterocycles. The van der Waals surface area contributed by atoms with E-state index >= 15 is 0 Å². The van der Waals surface area contributed by atoms with Crippen molar-refractivity contribution in [3.63, 3.8) is 0 Å². The van der Waals surface area contributed by atoms with Crippen LogP contribution in [-0.2, 0) is 6.61 Å². The Hall–Kier alpha value is -4.66. The van der Waals surface area contributed by atoms with Gasteiger partial charge in [0, 0.05) is 29.7 Å². The van der Waals surface area contributed by atoms with E-state index < -0.39 is 0 Å². The summed E-state index contributed by atoms with van der Waals surface area (Å²) < 4.78 is 16.4.